The molecule has 1 aliphatic heterocycles. The molecule has 0 saturated carbocycles. The minimum Gasteiger partial charge on any atom is -0.497 e. The number of nitrogens with zero attached hydrogens (tertiary/aromatic N) is 3. The number of amides is 2. The highest BCUT2D eigenvalue weighted by molar-refractivity contribution is 5.86. The molecule has 1 aliphatic rings. The summed E-state index contributed by atoms with van der Waals surface area (Å²) >= 11 is 0. The number of urea groups is 1. The molecule has 8 nitrogen and oxygen atoms in total. The predicted octanol–water partition coefficient (Wildman–Crippen LogP) is 5.69. The van der Waals surface area contributed by atoms with Gasteiger partial charge in [-0.25, -0.2) is 4.79 Å². The van der Waals surface area contributed by atoms with Gasteiger partial charge >= 0.3 is 6.03 Å². The van der Waals surface area contributed by atoms with Crippen molar-refractivity contribution in [1.82, 2.24) is 20.4 Å². The van der Waals surface area contributed by atoms with Gasteiger partial charge in [-0.05, 0) is 56.0 Å². The maximum atomic E-state index is 13.1. The summed E-state index contributed by atoms with van der Waals surface area (Å²) in [6, 6.07) is 14.6. The first-order valence-electron chi connectivity index (χ1n) is 11.9. The van der Waals surface area contributed by atoms with E-state index >= 15 is 0 Å². The lowest BCUT2D eigenvalue weighted by Crippen LogP contribution is -2.46. The maximum absolute atomic E-state index is 13.1. The summed E-state index contributed by atoms with van der Waals surface area (Å²) in [5.41, 5.74) is 3.26. The van der Waals surface area contributed by atoms with Gasteiger partial charge < -0.3 is 19.3 Å². The van der Waals surface area contributed by atoms with Crippen molar-refractivity contribution in [2.24, 2.45) is 5.92 Å². The van der Waals surface area contributed by atoms with Crippen molar-refractivity contribution < 1.29 is 18.8 Å². The number of nitrogens with one attached hydrogen (secondary N) is 1. The van der Waals surface area contributed by atoms with Gasteiger partial charge in [0.25, 0.3) is 5.89 Å². The van der Waals surface area contributed by atoms with Gasteiger partial charge in [0, 0.05) is 17.8 Å². The van der Waals surface area contributed by atoms with E-state index in [9.17, 15) is 4.79 Å². The van der Waals surface area contributed by atoms with Crippen LogP contribution in [-0.2, 0) is 0 Å². The standard InChI is InChI=1S/C27H32N4O4/c1-6-34-21-12-10-19(11-13-21)24-23(18(4)31(27(32)28-24)15-14-17(2)3)26-29-25(30-35-26)20-8-7-9-22(16-20)33-5/h7-13,16-17,24H,6,14-15H2,1-5H3,(H,28,32). The Labute approximate surface area is 205 Å². The first-order valence-corrected chi connectivity index (χ1v) is 11.9. The van der Waals surface area contributed by atoms with E-state index in [1.54, 1.807) is 12.0 Å². The zero-order valence-electron chi connectivity index (χ0n) is 20.9. The number of allylic oxidation sites excluding steroid dienone is 1. The van der Waals surface area contributed by atoms with Gasteiger partial charge in [-0.1, -0.05) is 43.3 Å². The largest absolute Gasteiger partial charge is 0.497 e. The van der Waals surface area contributed by atoms with Gasteiger partial charge in [0.2, 0.25) is 5.82 Å². The number of carbonyl (C=O) groups is 1. The Morgan fingerprint density at radius 1 is 1.14 bits per heavy atom. The number of benzene rings is 2. The molecule has 0 saturated heterocycles. The lowest BCUT2D eigenvalue weighted by molar-refractivity contribution is 0.202. The summed E-state index contributed by atoms with van der Waals surface area (Å²) in [7, 11) is 1.62. The maximum Gasteiger partial charge on any atom is 0.322 e. The van der Waals surface area contributed by atoms with E-state index in [-0.39, 0.29) is 6.03 Å². The predicted molar refractivity (Wildman–Crippen MR) is 134 cm³/mol. The molecular weight excluding hydrogens is 444 g/mol. The molecule has 8 heteroatoms. The van der Waals surface area contributed by atoms with Crippen LogP contribution in [0.5, 0.6) is 11.5 Å². The number of methoxy groups -OCH3 is 1. The smallest absolute Gasteiger partial charge is 0.322 e. The fourth-order valence-corrected chi connectivity index (χ4v) is 4.10. The molecule has 0 bridgehead atoms. The van der Waals surface area contributed by atoms with Crippen molar-refractivity contribution in [1.29, 1.82) is 0 Å². The van der Waals surface area contributed by atoms with Gasteiger partial charge in [-0.15, -0.1) is 0 Å². The number of carbonyl (C=O) groups excluding carboxylic acids is 1. The first kappa shape index (κ1) is 24.3. The first-order chi connectivity index (χ1) is 16.9. The van der Waals surface area contributed by atoms with E-state index in [1.807, 2.05) is 62.4 Å². The van der Waals surface area contributed by atoms with Gasteiger partial charge in [-0.3, -0.25) is 4.90 Å². The Balaban J connectivity index is 1.76. The molecule has 184 valence electrons. The highest BCUT2D eigenvalue weighted by Gasteiger charge is 2.35. The lowest BCUT2D eigenvalue weighted by atomic mass is 9.94. The Morgan fingerprint density at radius 3 is 2.60 bits per heavy atom. The molecule has 1 N–H and O–H groups in total. The zero-order valence-corrected chi connectivity index (χ0v) is 20.9. The number of ether oxygens (including phenoxy) is 2. The molecule has 0 aliphatic carbocycles. The SMILES string of the molecule is CCOc1ccc(C2NC(=O)N(CCC(C)C)C(C)=C2c2nc(-c3cccc(OC)c3)no2)cc1. The van der Waals surface area contributed by atoms with Crippen LogP contribution in [0.4, 0.5) is 4.79 Å². The highest BCUT2D eigenvalue weighted by Crippen LogP contribution is 2.38. The normalized spacial score (nSPS) is 16.0. The van der Waals surface area contributed by atoms with Crippen molar-refractivity contribution in [3.63, 3.8) is 0 Å². The summed E-state index contributed by atoms with van der Waals surface area (Å²) in [6.07, 6.45) is 0.880. The summed E-state index contributed by atoms with van der Waals surface area (Å²) in [5, 5.41) is 7.37. The second kappa shape index (κ2) is 10.6. The molecular formula is C27H32N4O4. The molecule has 1 atom stereocenters. The molecule has 1 unspecified atom stereocenters. The minimum atomic E-state index is -0.438. The van der Waals surface area contributed by atoms with E-state index in [2.05, 4.69) is 24.3 Å². The molecule has 0 radical (unpaired) electrons. The molecule has 4 rings (SSSR count). The summed E-state index contributed by atoms with van der Waals surface area (Å²) in [4.78, 5) is 19.6. The van der Waals surface area contributed by atoms with Crippen molar-refractivity contribution in [2.75, 3.05) is 20.3 Å². The van der Waals surface area contributed by atoms with Gasteiger partial charge in [0.05, 0.1) is 25.3 Å². The zero-order chi connectivity index (χ0) is 24.9. The van der Waals surface area contributed by atoms with E-state index in [4.69, 9.17) is 19.0 Å². The number of aromatic nitrogens is 2. The van der Waals surface area contributed by atoms with Crippen LogP contribution in [0.25, 0.3) is 17.0 Å². The van der Waals surface area contributed by atoms with Crippen LogP contribution >= 0.6 is 0 Å². The third-order valence-electron chi connectivity index (χ3n) is 6.04. The van der Waals surface area contributed by atoms with Gasteiger partial charge in [-0.2, -0.15) is 4.98 Å². The Bertz CT molecular complexity index is 1200. The average Bonchev–Trinajstić information content (AvgIpc) is 3.34. The molecule has 2 amide bonds. The molecule has 3 aromatic rings. The van der Waals surface area contributed by atoms with Crippen LogP contribution in [-0.4, -0.2) is 41.3 Å². The van der Waals surface area contributed by atoms with Crippen LogP contribution < -0.4 is 14.8 Å². The van der Waals surface area contributed by atoms with E-state index < -0.39 is 6.04 Å². The average molecular weight is 477 g/mol. The molecule has 1 aromatic heterocycles. The number of hydrogen-bond acceptors (Lipinski definition) is 6. The third-order valence-corrected chi connectivity index (χ3v) is 6.04. The van der Waals surface area contributed by atoms with Crippen molar-refractivity contribution >= 4 is 11.6 Å². The third kappa shape index (κ3) is 5.31. The Hall–Kier alpha value is -3.81. The fourth-order valence-electron chi connectivity index (χ4n) is 4.10. The summed E-state index contributed by atoms with van der Waals surface area (Å²) in [6.45, 7) is 9.35. The minimum absolute atomic E-state index is 0.140. The summed E-state index contributed by atoms with van der Waals surface area (Å²) in [5.74, 6) is 2.77. The number of rotatable bonds is 9. The van der Waals surface area contributed by atoms with Crippen molar-refractivity contribution in [3.05, 3.63) is 65.7 Å². The quantitative estimate of drug-likeness (QED) is 0.427. The van der Waals surface area contributed by atoms with E-state index in [0.29, 0.717) is 36.5 Å². The van der Waals surface area contributed by atoms with Crippen LogP contribution in [0.15, 0.2) is 58.8 Å². The summed E-state index contributed by atoms with van der Waals surface area (Å²) < 4.78 is 16.7. The highest BCUT2D eigenvalue weighted by atomic mass is 16.5. The Kier molecular flexibility index (Phi) is 7.39. The number of hydrogen-bond donors (Lipinski definition) is 1. The molecule has 0 spiro atoms. The van der Waals surface area contributed by atoms with E-state index in [0.717, 1.165) is 34.6 Å². The molecule has 0 fully saturated rings. The van der Waals surface area contributed by atoms with Gasteiger partial charge in [0.15, 0.2) is 0 Å². The molecule has 2 aromatic carbocycles. The van der Waals surface area contributed by atoms with E-state index in [1.165, 1.54) is 0 Å². The van der Waals surface area contributed by atoms with Crippen LogP contribution in [0.3, 0.4) is 0 Å². The second-order valence-corrected chi connectivity index (χ2v) is 8.87. The van der Waals surface area contributed by atoms with Crippen LogP contribution in [0.2, 0.25) is 0 Å². The van der Waals surface area contributed by atoms with Gasteiger partial charge in [0.1, 0.15) is 11.5 Å². The molecule has 2 heterocycles. The monoisotopic (exact) mass is 476 g/mol. The van der Waals surface area contributed by atoms with Crippen LogP contribution in [0, 0.1) is 5.92 Å². The second-order valence-electron chi connectivity index (χ2n) is 8.87. The molecule has 35 heavy (non-hydrogen) atoms. The Morgan fingerprint density at radius 2 is 1.91 bits per heavy atom. The topological polar surface area (TPSA) is 89.7 Å². The van der Waals surface area contributed by atoms with Crippen molar-refractivity contribution in [3.8, 4) is 22.9 Å². The van der Waals surface area contributed by atoms with Crippen molar-refractivity contribution in [2.45, 2.75) is 40.2 Å². The van der Waals surface area contributed by atoms with Crippen LogP contribution in [0.1, 0.15) is 51.6 Å². The lowest BCUT2D eigenvalue weighted by Gasteiger charge is -2.35. The fraction of sp³-hybridized carbons (Fsp3) is 0.370.